The van der Waals surface area contributed by atoms with Crippen LogP contribution in [0.15, 0.2) is 132 Å². The first-order valence-corrected chi connectivity index (χ1v) is 13.2. The first kappa shape index (κ1) is 24.3. The minimum absolute atomic E-state index is 0.0266. The van der Waals surface area contributed by atoms with Crippen LogP contribution in [0, 0.1) is 0 Å². The number of hydrogen-bond donors (Lipinski definition) is 1. The van der Waals surface area contributed by atoms with Crippen molar-refractivity contribution in [3.05, 3.63) is 137 Å². The van der Waals surface area contributed by atoms with E-state index in [4.69, 9.17) is 17.4 Å². The van der Waals surface area contributed by atoms with Gasteiger partial charge in [0.2, 0.25) is 0 Å². The first-order chi connectivity index (χ1) is 17.1. The molecule has 0 radical (unpaired) electrons. The quantitative estimate of drug-likeness (QED) is 0.179. The molecular formula is C29H24NO3PS. The van der Waals surface area contributed by atoms with Gasteiger partial charge in [-0.25, -0.2) is 4.79 Å². The molecule has 35 heavy (non-hydrogen) atoms. The van der Waals surface area contributed by atoms with Gasteiger partial charge in [-0.1, -0.05) is 72.8 Å². The molecule has 0 bridgehead atoms. The average Bonchev–Trinajstić information content (AvgIpc) is 2.94. The Balaban J connectivity index is 2.04. The molecule has 0 spiro atoms. The zero-order chi connectivity index (χ0) is 24.7. The standard InChI is InChI=1S/C29H24NO3PS/c1-33-28(32)26(30-27(31)22-14-6-2-7-15-22)29(35)34(23-16-8-3-9-17-23,24-18-10-4-11-19-24)25-20-12-5-13-21-25/h2-21H,1H3,(H-,30,31,32,35). The minimum atomic E-state index is -2.74. The molecule has 4 nitrogen and oxygen atoms in total. The van der Waals surface area contributed by atoms with Crippen molar-refractivity contribution < 1.29 is 14.3 Å². The third-order valence-electron chi connectivity index (χ3n) is 5.61. The predicted octanol–water partition coefficient (Wildman–Crippen LogP) is 4.30. The van der Waals surface area contributed by atoms with Gasteiger partial charge in [0.05, 0.1) is 7.11 Å². The zero-order valence-electron chi connectivity index (χ0n) is 19.1. The summed E-state index contributed by atoms with van der Waals surface area (Å²) in [5.74, 6) is -1.12. The molecular weight excluding hydrogens is 473 g/mol. The number of carbonyl (C=O) groups excluding carboxylic acids is 2. The molecule has 0 aliphatic carbocycles. The number of methoxy groups -OCH3 is 1. The number of hydrogen-bond acceptors (Lipinski definition) is 4. The molecule has 4 aromatic rings. The van der Waals surface area contributed by atoms with Gasteiger partial charge in [0.25, 0.3) is 5.91 Å². The van der Waals surface area contributed by atoms with Gasteiger partial charge < -0.3 is 22.7 Å². The summed E-state index contributed by atoms with van der Waals surface area (Å²) in [6, 6.07) is 38.4. The molecule has 0 heterocycles. The number of rotatable bonds is 7. The number of benzene rings is 4. The topological polar surface area (TPSA) is 55.4 Å². The zero-order valence-corrected chi connectivity index (χ0v) is 20.8. The summed E-state index contributed by atoms with van der Waals surface area (Å²) in [7, 11) is -1.45. The lowest BCUT2D eigenvalue weighted by atomic mass is 10.2. The van der Waals surface area contributed by atoms with Gasteiger partial charge >= 0.3 is 5.97 Å². The molecule has 0 aliphatic heterocycles. The number of esters is 1. The lowest BCUT2D eigenvalue weighted by Gasteiger charge is -2.34. The van der Waals surface area contributed by atoms with Crippen LogP contribution in [0.3, 0.4) is 0 Å². The van der Waals surface area contributed by atoms with Gasteiger partial charge in [0.15, 0.2) is 0 Å². The summed E-state index contributed by atoms with van der Waals surface area (Å²) in [6.45, 7) is 0. The van der Waals surface area contributed by atoms with E-state index in [2.05, 4.69) is 5.32 Å². The van der Waals surface area contributed by atoms with Crippen molar-refractivity contribution in [3.8, 4) is 0 Å². The third-order valence-corrected chi connectivity index (χ3v) is 10.7. The summed E-state index contributed by atoms with van der Waals surface area (Å²) in [5.41, 5.74) is 0.390. The molecule has 6 heteroatoms. The molecule has 0 fully saturated rings. The maximum Gasteiger partial charge on any atom is 0.356 e. The van der Waals surface area contributed by atoms with E-state index in [1.807, 2.05) is 97.1 Å². The lowest BCUT2D eigenvalue weighted by molar-refractivity contribution is -0.136. The predicted molar refractivity (Wildman–Crippen MR) is 145 cm³/mol. The monoisotopic (exact) mass is 497 g/mol. The second-order valence-electron chi connectivity index (χ2n) is 7.67. The second kappa shape index (κ2) is 11.1. The number of amides is 1. The van der Waals surface area contributed by atoms with E-state index >= 15 is 0 Å². The van der Waals surface area contributed by atoms with Crippen LogP contribution in [0.25, 0.3) is 0 Å². The maximum atomic E-state index is 13.1. The highest BCUT2D eigenvalue weighted by molar-refractivity contribution is 8.06. The smallest absolute Gasteiger partial charge is 0.356 e. The van der Waals surface area contributed by atoms with Crippen LogP contribution in [0.1, 0.15) is 10.4 Å². The van der Waals surface area contributed by atoms with E-state index in [9.17, 15) is 9.59 Å². The molecule has 0 saturated heterocycles. The normalized spacial score (nSPS) is 11.8. The summed E-state index contributed by atoms with van der Waals surface area (Å²) in [4.78, 5) is 26.2. The Morgan fingerprint density at radius 3 is 1.40 bits per heavy atom. The van der Waals surface area contributed by atoms with Crippen molar-refractivity contribution in [3.63, 3.8) is 0 Å². The van der Waals surface area contributed by atoms with E-state index in [-0.39, 0.29) is 5.70 Å². The molecule has 0 aromatic heterocycles. The second-order valence-corrected chi connectivity index (χ2v) is 11.7. The fourth-order valence-electron chi connectivity index (χ4n) is 3.99. The van der Waals surface area contributed by atoms with Crippen LogP contribution in [0.5, 0.6) is 0 Å². The van der Waals surface area contributed by atoms with Crippen molar-refractivity contribution in [2.24, 2.45) is 0 Å². The Labute approximate surface area is 211 Å². The number of carbonyl (C=O) groups is 2. The molecule has 0 unspecified atom stereocenters. The molecule has 0 atom stereocenters. The molecule has 0 aliphatic rings. The molecule has 1 amide bonds. The number of ether oxygens (including phenoxy) is 1. The highest BCUT2D eigenvalue weighted by Crippen LogP contribution is 2.62. The summed E-state index contributed by atoms with van der Waals surface area (Å²) in [5, 5.41) is 5.70. The van der Waals surface area contributed by atoms with Crippen LogP contribution in [-0.4, -0.2) is 19.0 Å². The highest BCUT2D eigenvalue weighted by atomic mass is 32.1. The Hall–Kier alpha value is -3.79. The van der Waals surface area contributed by atoms with Crippen LogP contribution in [-0.2, 0) is 22.2 Å². The van der Waals surface area contributed by atoms with Crippen molar-refractivity contribution >= 4 is 47.7 Å². The van der Waals surface area contributed by atoms with E-state index in [1.165, 1.54) is 7.11 Å². The van der Waals surface area contributed by atoms with E-state index in [0.717, 1.165) is 15.9 Å². The summed E-state index contributed by atoms with van der Waals surface area (Å²) in [6.07, 6.45) is 0. The van der Waals surface area contributed by atoms with Crippen LogP contribution in [0.4, 0.5) is 0 Å². The molecule has 4 rings (SSSR count). The van der Waals surface area contributed by atoms with Crippen LogP contribution >= 0.6 is 7.26 Å². The Morgan fingerprint density at radius 2 is 1.03 bits per heavy atom. The molecule has 1 N–H and O–H groups in total. The van der Waals surface area contributed by atoms with E-state index in [0.29, 0.717) is 10.2 Å². The van der Waals surface area contributed by atoms with Gasteiger partial charge in [-0.15, -0.1) is 0 Å². The maximum absolute atomic E-state index is 13.1. The summed E-state index contributed by atoms with van der Waals surface area (Å²) < 4.78 is 5.46. The summed E-state index contributed by atoms with van der Waals surface area (Å²) >= 11 is 6.16. The third kappa shape index (κ3) is 4.88. The SMILES string of the molecule is COC(=O)/C(NC(=O)c1ccccc1)=C(\[S-])[P+](c1ccccc1)(c1ccccc1)c1ccccc1. The lowest BCUT2D eigenvalue weighted by Crippen LogP contribution is -2.36. The Morgan fingerprint density at radius 1 is 0.657 bits per heavy atom. The van der Waals surface area contributed by atoms with Crippen LogP contribution in [0.2, 0.25) is 0 Å². The fraction of sp³-hybridized carbons (Fsp3) is 0.0345. The Kier molecular flexibility index (Phi) is 7.71. The van der Waals surface area contributed by atoms with Crippen molar-refractivity contribution in [1.82, 2.24) is 5.32 Å². The Bertz CT molecular complexity index is 1230. The first-order valence-electron chi connectivity index (χ1n) is 11.0. The van der Waals surface area contributed by atoms with Crippen molar-refractivity contribution in [1.29, 1.82) is 0 Å². The van der Waals surface area contributed by atoms with Gasteiger partial charge in [0, 0.05) is 5.56 Å². The fourth-order valence-corrected chi connectivity index (χ4v) is 9.01. The van der Waals surface area contributed by atoms with Gasteiger partial charge in [0.1, 0.15) is 28.9 Å². The number of nitrogens with one attached hydrogen (secondary N) is 1. The van der Waals surface area contributed by atoms with Crippen molar-refractivity contribution in [2.75, 3.05) is 7.11 Å². The minimum Gasteiger partial charge on any atom is -0.738 e. The van der Waals surface area contributed by atoms with E-state index in [1.54, 1.807) is 24.3 Å². The van der Waals surface area contributed by atoms with E-state index < -0.39 is 19.1 Å². The van der Waals surface area contributed by atoms with Crippen LogP contribution < -0.4 is 21.2 Å². The van der Waals surface area contributed by atoms with Gasteiger partial charge in [-0.3, -0.25) is 4.79 Å². The highest BCUT2D eigenvalue weighted by Gasteiger charge is 2.46. The van der Waals surface area contributed by atoms with Gasteiger partial charge in [-0.2, -0.15) is 0 Å². The largest absolute Gasteiger partial charge is 0.738 e. The molecule has 174 valence electrons. The molecule has 4 aromatic carbocycles. The van der Waals surface area contributed by atoms with Gasteiger partial charge in [-0.05, 0) is 53.2 Å². The van der Waals surface area contributed by atoms with Crippen molar-refractivity contribution in [2.45, 2.75) is 0 Å². The average molecular weight is 498 g/mol. The molecule has 0 saturated carbocycles.